The van der Waals surface area contributed by atoms with Crippen LogP contribution in [0.5, 0.6) is 0 Å². The van der Waals surface area contributed by atoms with Gasteiger partial charge in [-0.2, -0.15) is 5.26 Å². The van der Waals surface area contributed by atoms with Gasteiger partial charge in [-0.15, -0.1) is 0 Å². The van der Waals surface area contributed by atoms with Crippen molar-refractivity contribution in [3.05, 3.63) is 11.8 Å². The third kappa shape index (κ3) is 3.79. The molecule has 1 saturated heterocycles. The molecule has 0 spiro atoms. The summed E-state index contributed by atoms with van der Waals surface area (Å²) in [5, 5.41) is 8.84. The molecule has 1 aliphatic heterocycles. The van der Waals surface area contributed by atoms with E-state index in [1.54, 1.807) is 11.8 Å². The van der Waals surface area contributed by atoms with Gasteiger partial charge in [0.05, 0.1) is 6.61 Å². The van der Waals surface area contributed by atoms with Crippen molar-refractivity contribution in [1.82, 2.24) is 9.80 Å². The molecule has 1 rings (SSSR count). The van der Waals surface area contributed by atoms with E-state index in [1.807, 2.05) is 11.0 Å². The van der Waals surface area contributed by atoms with E-state index in [4.69, 9.17) is 10.00 Å². The summed E-state index contributed by atoms with van der Waals surface area (Å²) in [6, 6.07) is 1.82. The summed E-state index contributed by atoms with van der Waals surface area (Å²) in [5.41, 5.74) is -0.00796. The molecule has 1 aliphatic rings. The van der Waals surface area contributed by atoms with Crippen LogP contribution in [0.2, 0.25) is 0 Å². The summed E-state index contributed by atoms with van der Waals surface area (Å²) in [7, 11) is 0. The Hall–Kier alpha value is -2.03. The molecular weight excluding hydrogens is 222 g/mol. The predicted molar refractivity (Wildman–Crippen MR) is 59.5 cm³/mol. The molecule has 0 N–H and O–H groups in total. The smallest absolute Gasteiger partial charge is 0.350 e. The van der Waals surface area contributed by atoms with Crippen LogP contribution in [0.1, 0.15) is 6.92 Å². The molecule has 6 nitrogen and oxygen atoms in total. The molecule has 6 heteroatoms. The summed E-state index contributed by atoms with van der Waals surface area (Å²) < 4.78 is 4.76. The van der Waals surface area contributed by atoms with Gasteiger partial charge in [0.2, 0.25) is 6.41 Å². The maximum atomic E-state index is 11.4. The summed E-state index contributed by atoms with van der Waals surface area (Å²) >= 11 is 0. The van der Waals surface area contributed by atoms with Crippen LogP contribution < -0.4 is 0 Å². The van der Waals surface area contributed by atoms with Crippen LogP contribution >= 0.6 is 0 Å². The normalized spacial score (nSPS) is 16.4. The largest absolute Gasteiger partial charge is 0.462 e. The van der Waals surface area contributed by atoms with E-state index < -0.39 is 5.97 Å². The van der Waals surface area contributed by atoms with Crippen molar-refractivity contribution in [3.8, 4) is 6.07 Å². The van der Waals surface area contributed by atoms with Gasteiger partial charge in [0.25, 0.3) is 0 Å². The molecule has 0 aromatic rings. The lowest BCUT2D eigenvalue weighted by Gasteiger charge is -2.31. The first-order chi connectivity index (χ1) is 8.21. The monoisotopic (exact) mass is 237 g/mol. The molecule has 1 heterocycles. The molecular formula is C11H15N3O3. The first-order valence-corrected chi connectivity index (χ1v) is 5.43. The average molecular weight is 237 g/mol. The second-order valence-corrected chi connectivity index (χ2v) is 3.55. The Morgan fingerprint density at radius 2 is 1.94 bits per heavy atom. The summed E-state index contributed by atoms with van der Waals surface area (Å²) in [6.07, 6.45) is 2.30. The van der Waals surface area contributed by atoms with Gasteiger partial charge in [0, 0.05) is 32.4 Å². The highest BCUT2D eigenvalue weighted by atomic mass is 16.5. The fourth-order valence-electron chi connectivity index (χ4n) is 1.49. The topological polar surface area (TPSA) is 73.6 Å². The van der Waals surface area contributed by atoms with Crippen LogP contribution in [-0.4, -0.2) is 55.0 Å². The van der Waals surface area contributed by atoms with Crippen molar-refractivity contribution in [2.24, 2.45) is 0 Å². The molecule has 1 amide bonds. The third-order valence-corrected chi connectivity index (χ3v) is 2.43. The number of carbonyl (C=O) groups is 2. The standard InChI is InChI=1S/C11H15N3O3/c1-2-17-11(16)10(7-12)8-13-3-5-14(9-15)6-4-13/h8-9H,2-6H2,1H3/b10-8+. The Morgan fingerprint density at radius 1 is 1.35 bits per heavy atom. The Labute approximate surface area is 100 Å². The summed E-state index contributed by atoms with van der Waals surface area (Å²) in [5.74, 6) is -0.604. The quantitative estimate of drug-likeness (QED) is 0.291. The maximum Gasteiger partial charge on any atom is 0.350 e. The molecule has 0 saturated carbocycles. The Balaban J connectivity index is 2.58. The zero-order chi connectivity index (χ0) is 12.7. The van der Waals surface area contributed by atoms with Gasteiger partial charge in [-0.1, -0.05) is 0 Å². The van der Waals surface area contributed by atoms with Crippen LogP contribution in [0.3, 0.4) is 0 Å². The zero-order valence-corrected chi connectivity index (χ0v) is 9.76. The molecule has 92 valence electrons. The number of amides is 1. The number of esters is 1. The molecule has 0 radical (unpaired) electrons. The van der Waals surface area contributed by atoms with Crippen LogP contribution in [0.25, 0.3) is 0 Å². The van der Waals surface area contributed by atoms with Crippen molar-refractivity contribution in [3.63, 3.8) is 0 Å². The zero-order valence-electron chi connectivity index (χ0n) is 9.76. The Kier molecular flexibility index (Phi) is 5.01. The average Bonchev–Trinajstić information content (AvgIpc) is 2.37. The Morgan fingerprint density at radius 3 is 2.41 bits per heavy atom. The highest BCUT2D eigenvalue weighted by Crippen LogP contribution is 2.04. The van der Waals surface area contributed by atoms with E-state index in [0.29, 0.717) is 26.2 Å². The molecule has 17 heavy (non-hydrogen) atoms. The van der Waals surface area contributed by atoms with Crippen LogP contribution in [-0.2, 0) is 14.3 Å². The van der Waals surface area contributed by atoms with E-state index in [9.17, 15) is 9.59 Å². The SMILES string of the molecule is CCOC(=O)/C(C#N)=C/N1CCN(C=O)CC1. The fraction of sp³-hybridized carbons (Fsp3) is 0.545. The van der Waals surface area contributed by atoms with E-state index in [2.05, 4.69) is 0 Å². The number of hydrogen-bond acceptors (Lipinski definition) is 5. The molecule has 0 bridgehead atoms. The minimum absolute atomic E-state index is 0.00796. The van der Waals surface area contributed by atoms with E-state index in [0.717, 1.165) is 6.41 Å². The lowest BCUT2D eigenvalue weighted by Crippen LogP contribution is -2.43. The first kappa shape index (κ1) is 13.0. The number of piperazine rings is 1. The third-order valence-electron chi connectivity index (χ3n) is 2.43. The summed E-state index contributed by atoms with van der Waals surface area (Å²) in [4.78, 5) is 25.4. The van der Waals surface area contributed by atoms with E-state index in [1.165, 1.54) is 6.20 Å². The molecule has 1 fully saturated rings. The summed E-state index contributed by atoms with van der Waals surface area (Å²) in [6.45, 7) is 4.36. The molecule has 0 unspecified atom stereocenters. The lowest BCUT2D eigenvalue weighted by atomic mass is 10.3. The molecule has 0 atom stereocenters. The van der Waals surface area contributed by atoms with Crippen LogP contribution in [0.4, 0.5) is 0 Å². The van der Waals surface area contributed by atoms with Crippen molar-refractivity contribution in [2.75, 3.05) is 32.8 Å². The van der Waals surface area contributed by atoms with Crippen LogP contribution in [0.15, 0.2) is 11.8 Å². The second kappa shape index (κ2) is 6.53. The number of hydrogen-bond donors (Lipinski definition) is 0. The van der Waals surface area contributed by atoms with E-state index in [-0.39, 0.29) is 12.2 Å². The number of rotatable bonds is 4. The highest BCUT2D eigenvalue weighted by molar-refractivity contribution is 5.92. The van der Waals surface area contributed by atoms with Crippen molar-refractivity contribution in [1.29, 1.82) is 5.26 Å². The lowest BCUT2D eigenvalue weighted by molar-refractivity contribution is -0.138. The van der Waals surface area contributed by atoms with Gasteiger partial charge in [-0.05, 0) is 6.92 Å². The van der Waals surface area contributed by atoms with Gasteiger partial charge in [-0.25, -0.2) is 4.79 Å². The molecule has 0 aromatic heterocycles. The van der Waals surface area contributed by atoms with Crippen molar-refractivity contribution < 1.29 is 14.3 Å². The van der Waals surface area contributed by atoms with E-state index >= 15 is 0 Å². The highest BCUT2D eigenvalue weighted by Gasteiger charge is 2.16. The van der Waals surface area contributed by atoms with Crippen LogP contribution in [0, 0.1) is 11.3 Å². The van der Waals surface area contributed by atoms with Gasteiger partial charge < -0.3 is 14.5 Å². The molecule has 0 aliphatic carbocycles. The second-order valence-electron chi connectivity index (χ2n) is 3.55. The number of nitriles is 1. The predicted octanol–water partition coefficient (Wildman–Crippen LogP) is -0.269. The first-order valence-electron chi connectivity index (χ1n) is 5.43. The Bertz CT molecular complexity index is 351. The minimum atomic E-state index is -0.604. The van der Waals surface area contributed by atoms with Gasteiger partial charge in [0.15, 0.2) is 5.57 Å². The van der Waals surface area contributed by atoms with Gasteiger partial charge in [0.1, 0.15) is 6.07 Å². The minimum Gasteiger partial charge on any atom is -0.462 e. The number of nitrogens with zero attached hydrogens (tertiary/aromatic N) is 3. The fourth-order valence-corrected chi connectivity index (χ4v) is 1.49. The molecule has 0 aromatic carbocycles. The number of ether oxygens (including phenoxy) is 1. The van der Waals surface area contributed by atoms with Crippen molar-refractivity contribution in [2.45, 2.75) is 6.92 Å². The maximum absolute atomic E-state index is 11.4. The number of carbonyl (C=O) groups excluding carboxylic acids is 2. The van der Waals surface area contributed by atoms with Gasteiger partial charge >= 0.3 is 5.97 Å². The van der Waals surface area contributed by atoms with Crippen molar-refractivity contribution >= 4 is 12.4 Å². The van der Waals surface area contributed by atoms with Gasteiger partial charge in [-0.3, -0.25) is 4.79 Å².